The average Bonchev–Trinajstić information content (AvgIpc) is 3.51. The molecule has 4 aliphatic rings. The highest BCUT2D eigenvalue weighted by Crippen LogP contribution is 2.55. The predicted molar refractivity (Wildman–Crippen MR) is 111 cm³/mol. The van der Waals surface area contributed by atoms with Gasteiger partial charge in [-0.3, -0.25) is 14.4 Å². The van der Waals surface area contributed by atoms with Crippen molar-refractivity contribution in [1.82, 2.24) is 15.5 Å². The maximum Gasteiger partial charge on any atom is 0.246 e. The summed E-state index contributed by atoms with van der Waals surface area (Å²) in [6.07, 6.45) is 8.59. The number of carbonyl (C=O) groups excluding carboxylic acids is 3. The number of hydrogen-bond donors (Lipinski definition) is 2. The first-order chi connectivity index (χ1) is 14.5. The lowest BCUT2D eigenvalue weighted by Crippen LogP contribution is -2.56. The quantitative estimate of drug-likeness (QED) is 0.696. The van der Waals surface area contributed by atoms with Crippen LogP contribution in [-0.2, 0) is 25.7 Å². The third kappa shape index (κ3) is 2.92. The maximum atomic E-state index is 13.6. The summed E-state index contributed by atoms with van der Waals surface area (Å²) in [4.78, 5) is 42.4. The normalized spacial score (nSPS) is 35.0. The van der Waals surface area contributed by atoms with Gasteiger partial charge >= 0.3 is 0 Å². The number of carbonyl (C=O) groups is 3. The Labute approximate surface area is 179 Å². The topological polar surface area (TPSA) is 87.7 Å². The molecular formula is C22H27N3O4S. The maximum absolute atomic E-state index is 13.6. The number of thiophene rings is 1. The second kappa shape index (κ2) is 7.50. The van der Waals surface area contributed by atoms with Gasteiger partial charge in [0.1, 0.15) is 11.6 Å². The van der Waals surface area contributed by atoms with E-state index in [2.05, 4.69) is 10.6 Å². The number of nitrogens with zero attached hydrogens (tertiary/aromatic N) is 1. The molecule has 2 bridgehead atoms. The summed E-state index contributed by atoms with van der Waals surface area (Å²) < 4.78 is 6.27. The fourth-order valence-electron chi connectivity index (χ4n) is 5.70. The van der Waals surface area contributed by atoms with Crippen LogP contribution in [0.5, 0.6) is 0 Å². The smallest absolute Gasteiger partial charge is 0.246 e. The molecule has 1 aliphatic carbocycles. The molecular weight excluding hydrogens is 402 g/mol. The third-order valence-corrected chi connectivity index (χ3v) is 7.89. The second-order valence-electron chi connectivity index (χ2n) is 8.70. The van der Waals surface area contributed by atoms with Gasteiger partial charge in [0.2, 0.25) is 17.7 Å². The molecule has 0 radical (unpaired) electrons. The molecule has 3 amide bonds. The number of rotatable bonds is 5. The molecule has 8 heteroatoms. The van der Waals surface area contributed by atoms with Crippen molar-refractivity contribution in [3.05, 3.63) is 34.5 Å². The fraction of sp³-hybridized carbons (Fsp3) is 0.591. The lowest BCUT2D eigenvalue weighted by Gasteiger charge is -2.34. The van der Waals surface area contributed by atoms with E-state index in [4.69, 9.17) is 4.74 Å². The van der Waals surface area contributed by atoms with E-state index in [0.717, 1.165) is 30.6 Å². The highest BCUT2D eigenvalue weighted by atomic mass is 32.1. The summed E-state index contributed by atoms with van der Waals surface area (Å²) in [5.74, 6) is -1.83. The van der Waals surface area contributed by atoms with Crippen molar-refractivity contribution < 1.29 is 19.1 Å². The number of fused-ring (bicyclic) bond motifs is 1. The first-order valence-corrected chi connectivity index (χ1v) is 11.6. The van der Waals surface area contributed by atoms with E-state index in [-0.39, 0.29) is 23.8 Å². The van der Waals surface area contributed by atoms with Gasteiger partial charge in [-0.05, 0) is 24.3 Å². The van der Waals surface area contributed by atoms with Crippen molar-refractivity contribution in [3.8, 4) is 0 Å². The Hall–Kier alpha value is -2.19. The van der Waals surface area contributed by atoms with Gasteiger partial charge in [0, 0.05) is 18.0 Å². The van der Waals surface area contributed by atoms with Gasteiger partial charge in [-0.25, -0.2) is 0 Å². The van der Waals surface area contributed by atoms with Crippen LogP contribution in [0, 0.1) is 11.8 Å². The number of amides is 3. The molecule has 1 aromatic rings. The Kier molecular flexibility index (Phi) is 4.94. The second-order valence-corrected chi connectivity index (χ2v) is 9.74. The fourth-order valence-corrected chi connectivity index (χ4v) is 6.40. The Bertz CT molecular complexity index is 879. The predicted octanol–water partition coefficient (Wildman–Crippen LogP) is 1.59. The highest BCUT2D eigenvalue weighted by molar-refractivity contribution is 7.09. The summed E-state index contributed by atoms with van der Waals surface area (Å²) in [6.45, 7) is 0.347. The molecule has 2 N–H and O–H groups in total. The largest absolute Gasteiger partial charge is 0.359 e. The van der Waals surface area contributed by atoms with Crippen molar-refractivity contribution >= 4 is 29.1 Å². The minimum Gasteiger partial charge on any atom is -0.359 e. The molecule has 7 nitrogen and oxygen atoms in total. The first kappa shape index (κ1) is 19.8. The van der Waals surface area contributed by atoms with Crippen LogP contribution in [0.25, 0.3) is 0 Å². The van der Waals surface area contributed by atoms with E-state index in [0.29, 0.717) is 6.54 Å². The van der Waals surface area contributed by atoms with Crippen LogP contribution in [0.4, 0.5) is 0 Å². The minimum atomic E-state index is -1.07. The molecule has 1 saturated carbocycles. The van der Waals surface area contributed by atoms with Gasteiger partial charge in [0.05, 0.1) is 24.5 Å². The highest BCUT2D eigenvalue weighted by Gasteiger charge is 2.72. The van der Waals surface area contributed by atoms with Gasteiger partial charge < -0.3 is 20.3 Å². The van der Waals surface area contributed by atoms with E-state index >= 15 is 0 Å². The zero-order valence-corrected chi connectivity index (χ0v) is 17.8. The summed E-state index contributed by atoms with van der Waals surface area (Å²) in [5, 5.41) is 7.82. The van der Waals surface area contributed by atoms with Crippen molar-refractivity contribution in [2.24, 2.45) is 11.8 Å². The van der Waals surface area contributed by atoms with E-state index in [1.807, 2.05) is 29.7 Å². The molecule has 3 fully saturated rings. The summed E-state index contributed by atoms with van der Waals surface area (Å²) in [7, 11) is 1.57. The van der Waals surface area contributed by atoms with Gasteiger partial charge in [0.25, 0.3) is 0 Å². The first-order valence-electron chi connectivity index (χ1n) is 10.8. The van der Waals surface area contributed by atoms with Gasteiger partial charge in [0.15, 0.2) is 0 Å². The molecule has 0 aromatic carbocycles. The van der Waals surface area contributed by atoms with E-state index < -0.39 is 29.6 Å². The van der Waals surface area contributed by atoms with Gasteiger partial charge in [-0.2, -0.15) is 0 Å². The third-order valence-electron chi connectivity index (χ3n) is 7.03. The number of likely N-dealkylation sites (tertiary alicyclic amines) is 1. The van der Waals surface area contributed by atoms with Crippen LogP contribution in [0.3, 0.4) is 0 Å². The minimum absolute atomic E-state index is 0.137. The summed E-state index contributed by atoms with van der Waals surface area (Å²) >= 11 is 1.55. The van der Waals surface area contributed by atoms with Crippen molar-refractivity contribution in [3.63, 3.8) is 0 Å². The summed E-state index contributed by atoms with van der Waals surface area (Å²) in [6, 6.07) is 3.27. The monoisotopic (exact) mass is 429 g/mol. The Morgan fingerprint density at radius 2 is 2.07 bits per heavy atom. The lowest BCUT2D eigenvalue weighted by molar-refractivity contribution is -0.142. The zero-order valence-electron chi connectivity index (χ0n) is 17.0. The molecule has 5 rings (SSSR count). The molecule has 30 heavy (non-hydrogen) atoms. The lowest BCUT2D eigenvalue weighted by atomic mass is 9.74. The average molecular weight is 430 g/mol. The number of hydrogen-bond acceptors (Lipinski definition) is 5. The molecule has 0 unspecified atom stereocenters. The molecule has 5 atom stereocenters. The van der Waals surface area contributed by atoms with E-state index in [9.17, 15) is 14.4 Å². The molecule has 160 valence electrons. The number of nitrogens with one attached hydrogen (secondary N) is 2. The zero-order chi connectivity index (χ0) is 20.9. The molecule has 1 spiro atoms. The van der Waals surface area contributed by atoms with Crippen molar-refractivity contribution in [2.75, 3.05) is 7.05 Å². The van der Waals surface area contributed by atoms with Crippen molar-refractivity contribution in [1.29, 1.82) is 0 Å². The van der Waals surface area contributed by atoms with Crippen LogP contribution < -0.4 is 10.6 Å². The van der Waals surface area contributed by atoms with E-state index in [1.54, 1.807) is 23.3 Å². The molecule has 3 aliphatic heterocycles. The van der Waals surface area contributed by atoms with Crippen molar-refractivity contribution in [2.45, 2.75) is 62.4 Å². The van der Waals surface area contributed by atoms with Crippen LogP contribution >= 0.6 is 11.3 Å². The van der Waals surface area contributed by atoms with E-state index in [1.165, 1.54) is 6.42 Å². The van der Waals surface area contributed by atoms with Crippen LogP contribution in [0.2, 0.25) is 0 Å². The SMILES string of the molecule is CNC(=O)[C@@H]1[C@H]2C=C[C@@]3(O2)[C@H]1C(=O)N(Cc1cccs1)[C@@H]3C(=O)NC1CCCCC1. The molecule has 2 saturated heterocycles. The Morgan fingerprint density at radius 3 is 2.77 bits per heavy atom. The van der Waals surface area contributed by atoms with Gasteiger partial charge in [-0.1, -0.05) is 37.5 Å². The van der Waals surface area contributed by atoms with Crippen LogP contribution in [-0.4, -0.2) is 53.5 Å². The summed E-state index contributed by atoms with van der Waals surface area (Å²) in [5.41, 5.74) is -1.07. The van der Waals surface area contributed by atoms with Crippen LogP contribution in [0.15, 0.2) is 29.7 Å². The van der Waals surface area contributed by atoms with Gasteiger partial charge in [-0.15, -0.1) is 11.3 Å². The van der Waals surface area contributed by atoms with Crippen LogP contribution in [0.1, 0.15) is 37.0 Å². The number of ether oxygens (including phenoxy) is 1. The Morgan fingerprint density at radius 1 is 1.27 bits per heavy atom. The standard InChI is InChI=1S/C22H27N3O4S/c1-23-19(26)16-15-9-10-22(29-15)17(16)21(28)25(12-14-8-5-11-30-14)18(22)20(27)24-13-6-3-2-4-7-13/h5,8-11,13,15-18H,2-4,6-7,12H2,1H3,(H,23,26)(H,24,27)/t15-,16-,17-,18-,22-/m1/s1. The molecule has 4 heterocycles. The molecule has 1 aromatic heterocycles. The Balaban J connectivity index is 1.49.